The second-order valence-electron chi connectivity index (χ2n) is 5.11. The zero-order valence-corrected chi connectivity index (χ0v) is 12.9. The van der Waals surface area contributed by atoms with Crippen LogP contribution in [-0.2, 0) is 21.3 Å². The number of rotatable bonds is 7. The van der Waals surface area contributed by atoms with E-state index in [-0.39, 0.29) is 10.9 Å². The Morgan fingerprint density at radius 2 is 2.24 bits per heavy atom. The molecule has 2 rings (SSSR count). The van der Waals surface area contributed by atoms with E-state index in [0.29, 0.717) is 31.7 Å². The summed E-state index contributed by atoms with van der Waals surface area (Å²) in [6.45, 7) is 4.10. The average Bonchev–Trinajstić information content (AvgIpc) is 2.92. The fraction of sp³-hybridized carbons (Fsp3) is 0.571. The fourth-order valence-corrected chi connectivity index (χ4v) is 3.74. The first-order valence-electron chi connectivity index (χ1n) is 7.12. The quantitative estimate of drug-likeness (QED) is 0.746. The Hall–Kier alpha value is -1.02. The van der Waals surface area contributed by atoms with Crippen molar-refractivity contribution in [2.75, 3.05) is 19.8 Å². The van der Waals surface area contributed by atoms with E-state index in [1.165, 1.54) is 12.1 Å². The van der Waals surface area contributed by atoms with Crippen LogP contribution in [0.15, 0.2) is 23.1 Å². The highest BCUT2D eigenvalue weighted by molar-refractivity contribution is 7.89. The van der Waals surface area contributed by atoms with Crippen molar-refractivity contribution in [1.82, 2.24) is 10.0 Å². The molecule has 1 aliphatic rings. The fourth-order valence-electron chi connectivity index (χ4n) is 2.23. The molecule has 0 aromatic heterocycles. The summed E-state index contributed by atoms with van der Waals surface area (Å²) in [5.41, 5.74) is 0.566. The highest BCUT2D eigenvalue weighted by Gasteiger charge is 2.25. The molecule has 1 heterocycles. The van der Waals surface area contributed by atoms with Gasteiger partial charge in [0.25, 0.3) is 0 Å². The van der Waals surface area contributed by atoms with E-state index in [1.807, 2.05) is 6.92 Å². The monoisotopic (exact) mass is 316 g/mol. The lowest BCUT2D eigenvalue weighted by atomic mass is 10.2. The molecular weight excluding hydrogens is 295 g/mol. The van der Waals surface area contributed by atoms with Crippen molar-refractivity contribution in [3.8, 4) is 0 Å². The number of sulfonamides is 1. The highest BCUT2D eigenvalue weighted by atomic mass is 32.2. The van der Waals surface area contributed by atoms with Crippen molar-refractivity contribution in [2.45, 2.75) is 37.2 Å². The molecule has 1 saturated heterocycles. The van der Waals surface area contributed by atoms with Gasteiger partial charge in [-0.3, -0.25) is 0 Å². The van der Waals surface area contributed by atoms with Crippen molar-refractivity contribution in [3.05, 3.63) is 29.6 Å². The van der Waals surface area contributed by atoms with Crippen molar-refractivity contribution in [1.29, 1.82) is 0 Å². The Morgan fingerprint density at radius 1 is 1.43 bits per heavy atom. The molecule has 2 N–H and O–H groups in total. The van der Waals surface area contributed by atoms with Crippen LogP contribution in [0.5, 0.6) is 0 Å². The minimum absolute atomic E-state index is 0.00185. The standard InChI is InChI=1S/C14H21FN2O3S/c1-2-6-16-9-11-3-4-12(15)8-14(11)21(18,19)17-13-5-7-20-10-13/h3-4,8,13,16-17H,2,5-7,9-10H2,1H3. The summed E-state index contributed by atoms with van der Waals surface area (Å²) in [7, 11) is -3.74. The van der Waals surface area contributed by atoms with Crippen LogP contribution in [0, 0.1) is 5.82 Å². The average molecular weight is 316 g/mol. The molecule has 1 aliphatic heterocycles. The molecule has 0 radical (unpaired) electrons. The zero-order chi connectivity index (χ0) is 15.3. The first-order valence-corrected chi connectivity index (χ1v) is 8.60. The van der Waals surface area contributed by atoms with E-state index in [2.05, 4.69) is 10.0 Å². The van der Waals surface area contributed by atoms with Gasteiger partial charge in [0.1, 0.15) is 5.82 Å². The summed E-state index contributed by atoms with van der Waals surface area (Å²) in [4.78, 5) is -0.00185. The number of hydrogen-bond acceptors (Lipinski definition) is 4. The van der Waals surface area contributed by atoms with Gasteiger partial charge in [0.15, 0.2) is 0 Å². The molecule has 1 aromatic rings. The van der Waals surface area contributed by atoms with Gasteiger partial charge in [0, 0.05) is 19.2 Å². The SMILES string of the molecule is CCCNCc1ccc(F)cc1S(=O)(=O)NC1CCOC1. The molecule has 0 spiro atoms. The van der Waals surface area contributed by atoms with Crippen LogP contribution >= 0.6 is 0 Å². The van der Waals surface area contributed by atoms with Crippen LogP contribution in [0.2, 0.25) is 0 Å². The molecule has 0 aliphatic carbocycles. The third kappa shape index (κ3) is 4.47. The maximum atomic E-state index is 13.4. The molecule has 5 nitrogen and oxygen atoms in total. The molecule has 1 atom stereocenters. The van der Waals surface area contributed by atoms with Crippen LogP contribution < -0.4 is 10.0 Å². The molecule has 1 unspecified atom stereocenters. The van der Waals surface area contributed by atoms with Gasteiger partial charge >= 0.3 is 0 Å². The van der Waals surface area contributed by atoms with E-state index in [1.54, 1.807) is 0 Å². The molecule has 0 saturated carbocycles. The molecule has 118 valence electrons. The normalized spacial score (nSPS) is 19.0. The van der Waals surface area contributed by atoms with Gasteiger partial charge in [0.05, 0.1) is 11.5 Å². The number of halogens is 1. The predicted molar refractivity (Wildman–Crippen MR) is 77.9 cm³/mol. The highest BCUT2D eigenvalue weighted by Crippen LogP contribution is 2.19. The molecule has 1 aromatic carbocycles. The van der Waals surface area contributed by atoms with Gasteiger partial charge in [0.2, 0.25) is 10.0 Å². The molecule has 0 amide bonds. The summed E-state index contributed by atoms with van der Waals surface area (Å²) in [5, 5.41) is 3.14. The Kier molecular flexibility index (Phi) is 5.69. The minimum atomic E-state index is -3.74. The third-order valence-electron chi connectivity index (χ3n) is 3.31. The number of hydrogen-bond donors (Lipinski definition) is 2. The molecular formula is C14H21FN2O3S. The van der Waals surface area contributed by atoms with Gasteiger partial charge in [-0.1, -0.05) is 13.0 Å². The largest absolute Gasteiger partial charge is 0.380 e. The van der Waals surface area contributed by atoms with E-state index in [9.17, 15) is 12.8 Å². The van der Waals surface area contributed by atoms with Gasteiger partial charge in [-0.25, -0.2) is 17.5 Å². The topological polar surface area (TPSA) is 67.4 Å². The molecule has 21 heavy (non-hydrogen) atoms. The summed E-state index contributed by atoms with van der Waals surface area (Å²) in [6.07, 6.45) is 1.58. The maximum Gasteiger partial charge on any atom is 0.241 e. The lowest BCUT2D eigenvalue weighted by molar-refractivity contribution is 0.192. The number of benzene rings is 1. The molecule has 1 fully saturated rings. The minimum Gasteiger partial charge on any atom is -0.380 e. The van der Waals surface area contributed by atoms with Crippen LogP contribution in [-0.4, -0.2) is 34.2 Å². The lowest BCUT2D eigenvalue weighted by Crippen LogP contribution is -2.35. The van der Waals surface area contributed by atoms with Crippen molar-refractivity contribution in [3.63, 3.8) is 0 Å². The summed E-state index contributed by atoms with van der Waals surface area (Å²) in [6, 6.07) is 3.62. The van der Waals surface area contributed by atoms with E-state index in [4.69, 9.17) is 4.74 Å². The summed E-state index contributed by atoms with van der Waals surface area (Å²) >= 11 is 0. The van der Waals surface area contributed by atoms with Crippen molar-refractivity contribution < 1.29 is 17.5 Å². The molecule has 0 bridgehead atoms. The molecule has 7 heteroatoms. The number of nitrogens with one attached hydrogen (secondary N) is 2. The van der Waals surface area contributed by atoms with E-state index >= 15 is 0 Å². The first kappa shape index (κ1) is 16.4. The Labute approximate surface area is 124 Å². The summed E-state index contributed by atoms with van der Waals surface area (Å²) < 4.78 is 46.0. The number of ether oxygens (including phenoxy) is 1. The Bertz CT molecular complexity index is 572. The summed E-state index contributed by atoms with van der Waals surface area (Å²) in [5.74, 6) is -0.558. The smallest absolute Gasteiger partial charge is 0.241 e. The van der Waals surface area contributed by atoms with Crippen molar-refractivity contribution in [2.24, 2.45) is 0 Å². The van der Waals surface area contributed by atoms with Crippen LogP contribution in [0.1, 0.15) is 25.3 Å². The maximum absolute atomic E-state index is 13.4. The zero-order valence-electron chi connectivity index (χ0n) is 12.1. The van der Waals surface area contributed by atoms with Crippen LogP contribution in [0.3, 0.4) is 0 Å². The third-order valence-corrected chi connectivity index (χ3v) is 4.92. The van der Waals surface area contributed by atoms with Gasteiger partial charge in [-0.2, -0.15) is 0 Å². The van der Waals surface area contributed by atoms with Gasteiger partial charge in [-0.05, 0) is 37.1 Å². The van der Waals surface area contributed by atoms with Crippen LogP contribution in [0.4, 0.5) is 4.39 Å². The second kappa shape index (κ2) is 7.31. The Balaban J connectivity index is 2.20. The van der Waals surface area contributed by atoms with Crippen LogP contribution in [0.25, 0.3) is 0 Å². The van der Waals surface area contributed by atoms with Gasteiger partial charge in [-0.15, -0.1) is 0 Å². The van der Waals surface area contributed by atoms with E-state index < -0.39 is 15.8 Å². The predicted octanol–water partition coefficient (Wildman–Crippen LogP) is 1.39. The second-order valence-corrected chi connectivity index (χ2v) is 6.79. The Morgan fingerprint density at radius 3 is 2.90 bits per heavy atom. The van der Waals surface area contributed by atoms with E-state index in [0.717, 1.165) is 19.0 Å². The lowest BCUT2D eigenvalue weighted by Gasteiger charge is -2.15. The first-order chi connectivity index (χ1) is 10.0. The van der Waals surface area contributed by atoms with Crippen molar-refractivity contribution >= 4 is 10.0 Å². The van der Waals surface area contributed by atoms with Gasteiger partial charge < -0.3 is 10.1 Å².